The van der Waals surface area contributed by atoms with Gasteiger partial charge in [0, 0.05) is 6.42 Å². The molecular formula is C16H16FNO2. The van der Waals surface area contributed by atoms with Crippen LogP contribution in [0.1, 0.15) is 12.0 Å². The Bertz CT molecular complexity index is 599. The lowest BCUT2D eigenvalue weighted by atomic mass is 10.1. The van der Waals surface area contributed by atoms with E-state index >= 15 is 0 Å². The van der Waals surface area contributed by atoms with Crippen LogP contribution in [0.25, 0.3) is 0 Å². The zero-order valence-electron chi connectivity index (χ0n) is 11.2. The second-order valence-electron chi connectivity index (χ2n) is 4.38. The predicted molar refractivity (Wildman–Crippen MR) is 76.3 cm³/mol. The van der Waals surface area contributed by atoms with Crippen molar-refractivity contribution in [1.29, 1.82) is 0 Å². The number of anilines is 1. The Labute approximate surface area is 117 Å². The van der Waals surface area contributed by atoms with Crippen LogP contribution >= 0.6 is 0 Å². The van der Waals surface area contributed by atoms with Crippen molar-refractivity contribution in [1.82, 2.24) is 0 Å². The first-order chi connectivity index (χ1) is 9.69. The topological polar surface area (TPSA) is 38.3 Å². The van der Waals surface area contributed by atoms with Gasteiger partial charge in [0.25, 0.3) is 0 Å². The third-order valence-electron chi connectivity index (χ3n) is 2.92. The zero-order chi connectivity index (χ0) is 14.4. The van der Waals surface area contributed by atoms with Gasteiger partial charge in [0.2, 0.25) is 5.91 Å². The van der Waals surface area contributed by atoms with Crippen molar-refractivity contribution < 1.29 is 13.9 Å². The van der Waals surface area contributed by atoms with Crippen LogP contribution in [0.2, 0.25) is 0 Å². The van der Waals surface area contributed by atoms with E-state index in [1.807, 2.05) is 24.3 Å². The van der Waals surface area contributed by atoms with Gasteiger partial charge in [-0.05, 0) is 36.2 Å². The molecule has 2 aromatic carbocycles. The van der Waals surface area contributed by atoms with Gasteiger partial charge in [0.15, 0.2) is 0 Å². The van der Waals surface area contributed by atoms with Gasteiger partial charge >= 0.3 is 0 Å². The molecule has 1 N–H and O–H groups in total. The van der Waals surface area contributed by atoms with Crippen LogP contribution in [0.5, 0.6) is 5.75 Å². The standard InChI is InChI=1S/C16H16FNO2/c1-20-13-6-4-5-12(11-13)9-10-16(19)18-15-8-3-2-7-14(15)17/h2-8,11H,9-10H2,1H3,(H,18,19). The van der Waals surface area contributed by atoms with Crippen LogP contribution in [-0.4, -0.2) is 13.0 Å². The lowest BCUT2D eigenvalue weighted by Crippen LogP contribution is -2.13. The number of amides is 1. The van der Waals surface area contributed by atoms with Gasteiger partial charge in [-0.2, -0.15) is 0 Å². The molecule has 0 aliphatic heterocycles. The average molecular weight is 273 g/mol. The van der Waals surface area contributed by atoms with Crippen molar-refractivity contribution in [2.75, 3.05) is 12.4 Å². The molecule has 0 saturated carbocycles. The minimum absolute atomic E-state index is 0.210. The zero-order valence-corrected chi connectivity index (χ0v) is 11.2. The SMILES string of the molecule is COc1cccc(CCC(=O)Nc2ccccc2F)c1. The van der Waals surface area contributed by atoms with Crippen LogP contribution in [0, 0.1) is 5.82 Å². The summed E-state index contributed by atoms with van der Waals surface area (Å²) in [6, 6.07) is 13.7. The van der Waals surface area contributed by atoms with E-state index in [-0.39, 0.29) is 11.6 Å². The summed E-state index contributed by atoms with van der Waals surface area (Å²) in [4.78, 5) is 11.8. The number of halogens is 1. The monoisotopic (exact) mass is 273 g/mol. The molecule has 0 aliphatic rings. The molecule has 0 unspecified atom stereocenters. The summed E-state index contributed by atoms with van der Waals surface area (Å²) in [6.07, 6.45) is 0.874. The molecule has 104 valence electrons. The van der Waals surface area contributed by atoms with E-state index in [1.165, 1.54) is 6.07 Å². The van der Waals surface area contributed by atoms with Crippen LogP contribution in [0.3, 0.4) is 0 Å². The fraction of sp³-hybridized carbons (Fsp3) is 0.188. The van der Waals surface area contributed by atoms with Crippen LogP contribution < -0.4 is 10.1 Å². The molecule has 2 aromatic rings. The summed E-state index contributed by atoms with van der Waals surface area (Å²) < 4.78 is 18.5. The quantitative estimate of drug-likeness (QED) is 0.906. The van der Waals surface area contributed by atoms with E-state index in [9.17, 15) is 9.18 Å². The maximum absolute atomic E-state index is 13.4. The predicted octanol–water partition coefficient (Wildman–Crippen LogP) is 3.41. The fourth-order valence-corrected chi connectivity index (χ4v) is 1.86. The Morgan fingerprint density at radius 2 is 2.00 bits per heavy atom. The van der Waals surface area contributed by atoms with Gasteiger partial charge in [-0.15, -0.1) is 0 Å². The summed E-state index contributed by atoms with van der Waals surface area (Å²) in [7, 11) is 1.60. The summed E-state index contributed by atoms with van der Waals surface area (Å²) >= 11 is 0. The van der Waals surface area contributed by atoms with E-state index in [2.05, 4.69) is 5.32 Å². The first kappa shape index (κ1) is 14.1. The van der Waals surface area contributed by atoms with E-state index in [4.69, 9.17) is 4.74 Å². The number of hydrogen-bond acceptors (Lipinski definition) is 2. The molecule has 20 heavy (non-hydrogen) atoms. The number of aryl methyl sites for hydroxylation is 1. The van der Waals surface area contributed by atoms with Crippen molar-refractivity contribution >= 4 is 11.6 Å². The van der Waals surface area contributed by atoms with E-state index < -0.39 is 5.82 Å². The lowest BCUT2D eigenvalue weighted by molar-refractivity contribution is -0.116. The largest absolute Gasteiger partial charge is 0.497 e. The average Bonchev–Trinajstić information content (AvgIpc) is 2.48. The maximum atomic E-state index is 13.4. The number of carbonyl (C=O) groups is 1. The summed E-state index contributed by atoms with van der Waals surface area (Å²) in [5.74, 6) is 0.122. The minimum atomic E-state index is -0.428. The second-order valence-corrected chi connectivity index (χ2v) is 4.38. The highest BCUT2D eigenvalue weighted by atomic mass is 19.1. The molecule has 0 fully saturated rings. The van der Waals surface area contributed by atoms with Gasteiger partial charge in [-0.1, -0.05) is 24.3 Å². The number of methoxy groups -OCH3 is 1. The summed E-state index contributed by atoms with van der Waals surface area (Å²) in [6.45, 7) is 0. The van der Waals surface area contributed by atoms with Crippen molar-refractivity contribution in [3.05, 3.63) is 59.9 Å². The normalized spacial score (nSPS) is 10.1. The highest BCUT2D eigenvalue weighted by Crippen LogP contribution is 2.15. The Kier molecular flexibility index (Phi) is 4.71. The van der Waals surface area contributed by atoms with Gasteiger partial charge in [0.05, 0.1) is 12.8 Å². The highest BCUT2D eigenvalue weighted by molar-refractivity contribution is 5.90. The van der Waals surface area contributed by atoms with E-state index in [0.29, 0.717) is 12.8 Å². The minimum Gasteiger partial charge on any atom is -0.497 e. The smallest absolute Gasteiger partial charge is 0.224 e. The van der Waals surface area contributed by atoms with Crippen molar-refractivity contribution in [3.63, 3.8) is 0 Å². The highest BCUT2D eigenvalue weighted by Gasteiger charge is 2.06. The van der Waals surface area contributed by atoms with Gasteiger partial charge in [-0.3, -0.25) is 4.79 Å². The van der Waals surface area contributed by atoms with Crippen LogP contribution in [0.15, 0.2) is 48.5 Å². The molecule has 3 nitrogen and oxygen atoms in total. The molecule has 1 amide bonds. The molecule has 0 radical (unpaired) electrons. The molecule has 2 rings (SSSR count). The Morgan fingerprint density at radius 3 is 2.75 bits per heavy atom. The summed E-state index contributed by atoms with van der Waals surface area (Å²) in [5.41, 5.74) is 1.22. The molecule has 0 saturated heterocycles. The maximum Gasteiger partial charge on any atom is 0.224 e. The molecule has 0 aromatic heterocycles. The molecule has 0 spiro atoms. The molecule has 0 heterocycles. The second kappa shape index (κ2) is 6.70. The number of para-hydroxylation sites is 1. The first-order valence-electron chi connectivity index (χ1n) is 6.36. The van der Waals surface area contributed by atoms with Gasteiger partial charge < -0.3 is 10.1 Å². The molecular weight excluding hydrogens is 257 g/mol. The number of nitrogens with one attached hydrogen (secondary N) is 1. The number of hydrogen-bond donors (Lipinski definition) is 1. The molecule has 0 bridgehead atoms. The third-order valence-corrected chi connectivity index (χ3v) is 2.92. The first-order valence-corrected chi connectivity index (χ1v) is 6.36. The van der Waals surface area contributed by atoms with Crippen molar-refractivity contribution in [2.45, 2.75) is 12.8 Å². The van der Waals surface area contributed by atoms with E-state index in [1.54, 1.807) is 25.3 Å². The van der Waals surface area contributed by atoms with Gasteiger partial charge in [0.1, 0.15) is 11.6 Å². The molecule has 4 heteroatoms. The number of ether oxygens (including phenoxy) is 1. The third kappa shape index (κ3) is 3.82. The number of benzene rings is 2. The van der Waals surface area contributed by atoms with Crippen LogP contribution in [-0.2, 0) is 11.2 Å². The van der Waals surface area contributed by atoms with E-state index in [0.717, 1.165) is 11.3 Å². The summed E-state index contributed by atoms with van der Waals surface area (Å²) in [5, 5.41) is 2.56. The number of rotatable bonds is 5. The Balaban J connectivity index is 1.90. The Morgan fingerprint density at radius 1 is 1.20 bits per heavy atom. The van der Waals surface area contributed by atoms with Crippen LogP contribution in [0.4, 0.5) is 10.1 Å². The Hall–Kier alpha value is -2.36. The molecule has 0 aliphatic carbocycles. The molecule has 0 atom stereocenters. The van der Waals surface area contributed by atoms with Crippen molar-refractivity contribution in [2.24, 2.45) is 0 Å². The fourth-order valence-electron chi connectivity index (χ4n) is 1.86. The van der Waals surface area contributed by atoms with Gasteiger partial charge in [-0.25, -0.2) is 4.39 Å². The van der Waals surface area contributed by atoms with Crippen molar-refractivity contribution in [3.8, 4) is 5.75 Å². The number of carbonyl (C=O) groups excluding carboxylic acids is 1. The lowest BCUT2D eigenvalue weighted by Gasteiger charge is -2.07.